The second kappa shape index (κ2) is 9.27. The molecule has 0 saturated carbocycles. The predicted molar refractivity (Wildman–Crippen MR) is 125 cm³/mol. The van der Waals surface area contributed by atoms with Crippen LogP contribution in [0.5, 0.6) is 0 Å². The summed E-state index contributed by atoms with van der Waals surface area (Å²) >= 11 is 12.1. The Morgan fingerprint density at radius 2 is 1.78 bits per heavy atom. The van der Waals surface area contributed by atoms with E-state index in [0.29, 0.717) is 13.1 Å². The number of amides is 2. The van der Waals surface area contributed by atoms with Crippen LogP contribution >= 0.6 is 23.2 Å². The Morgan fingerprint density at radius 1 is 1.06 bits per heavy atom. The van der Waals surface area contributed by atoms with E-state index < -0.39 is 10.0 Å². The summed E-state index contributed by atoms with van der Waals surface area (Å²) in [6.07, 6.45) is 0. The molecule has 0 atom stereocenters. The number of hydrogen-bond acceptors (Lipinski definition) is 4. The number of sulfonamides is 1. The molecule has 0 spiro atoms. The number of nitrogens with one attached hydrogen (secondary N) is 1. The zero-order valence-electron chi connectivity index (χ0n) is 17.5. The molecule has 8 nitrogen and oxygen atoms in total. The number of hydrogen-bond donors (Lipinski definition) is 1. The number of rotatable bonds is 5. The standard InChI is InChI=1S/C21H23Cl2N5O3S/c1-15-25-17-6-2-3-7-18(17)28(15)10-9-24-21(29)26-11-13-27(14-12-26)32(30,31)19-8-4-5-16(22)20(19)23/h2-8H,9-14H2,1H3,(H,24,29). The predicted octanol–water partition coefficient (Wildman–Crippen LogP) is 3.37. The monoisotopic (exact) mass is 495 g/mol. The third-order valence-electron chi connectivity index (χ3n) is 5.52. The van der Waals surface area contributed by atoms with Crippen molar-refractivity contribution in [2.24, 2.45) is 0 Å². The molecule has 0 unspecified atom stereocenters. The average molecular weight is 496 g/mol. The maximum atomic E-state index is 12.9. The highest BCUT2D eigenvalue weighted by Gasteiger charge is 2.31. The number of para-hydroxylation sites is 2. The number of fused-ring (bicyclic) bond motifs is 1. The first-order valence-corrected chi connectivity index (χ1v) is 12.4. The molecule has 3 aromatic rings. The lowest BCUT2D eigenvalue weighted by atomic mass is 10.3. The van der Waals surface area contributed by atoms with Gasteiger partial charge in [-0.05, 0) is 31.2 Å². The van der Waals surface area contributed by atoms with Gasteiger partial charge >= 0.3 is 6.03 Å². The van der Waals surface area contributed by atoms with E-state index in [2.05, 4.69) is 14.9 Å². The van der Waals surface area contributed by atoms with Crippen molar-refractivity contribution in [1.82, 2.24) is 24.1 Å². The van der Waals surface area contributed by atoms with Gasteiger partial charge in [0.1, 0.15) is 10.7 Å². The number of piperazine rings is 1. The molecule has 0 bridgehead atoms. The maximum absolute atomic E-state index is 12.9. The van der Waals surface area contributed by atoms with E-state index in [0.717, 1.165) is 16.9 Å². The zero-order valence-corrected chi connectivity index (χ0v) is 19.8. The van der Waals surface area contributed by atoms with Crippen molar-refractivity contribution in [3.05, 3.63) is 58.3 Å². The lowest BCUT2D eigenvalue weighted by Crippen LogP contribution is -2.53. The third kappa shape index (κ3) is 4.43. The first-order valence-electron chi connectivity index (χ1n) is 10.2. The molecular formula is C21H23Cl2N5O3S. The summed E-state index contributed by atoms with van der Waals surface area (Å²) < 4.78 is 29.3. The first kappa shape index (κ1) is 22.8. The molecule has 32 heavy (non-hydrogen) atoms. The van der Waals surface area contributed by atoms with Gasteiger partial charge in [0.25, 0.3) is 0 Å². The molecule has 1 aliphatic heterocycles. The van der Waals surface area contributed by atoms with E-state index in [9.17, 15) is 13.2 Å². The number of halogens is 2. The van der Waals surface area contributed by atoms with Crippen molar-refractivity contribution in [2.45, 2.75) is 18.4 Å². The van der Waals surface area contributed by atoms with E-state index >= 15 is 0 Å². The molecule has 0 aliphatic carbocycles. The van der Waals surface area contributed by atoms with Crippen molar-refractivity contribution in [1.29, 1.82) is 0 Å². The van der Waals surface area contributed by atoms with E-state index in [1.54, 1.807) is 17.0 Å². The highest BCUT2D eigenvalue weighted by molar-refractivity contribution is 7.89. The molecular weight excluding hydrogens is 473 g/mol. The van der Waals surface area contributed by atoms with Crippen molar-refractivity contribution >= 4 is 50.3 Å². The highest BCUT2D eigenvalue weighted by Crippen LogP contribution is 2.31. The Morgan fingerprint density at radius 3 is 2.53 bits per heavy atom. The summed E-state index contributed by atoms with van der Waals surface area (Å²) in [5.41, 5.74) is 1.95. The molecule has 1 aromatic heterocycles. The van der Waals surface area contributed by atoms with Crippen LogP contribution < -0.4 is 5.32 Å². The summed E-state index contributed by atoms with van der Waals surface area (Å²) in [6.45, 7) is 3.92. The molecule has 2 amide bonds. The summed E-state index contributed by atoms with van der Waals surface area (Å²) in [5.74, 6) is 0.888. The Bertz CT molecular complexity index is 1250. The molecule has 4 rings (SSSR count). The summed E-state index contributed by atoms with van der Waals surface area (Å²) in [6, 6.07) is 12.2. The SMILES string of the molecule is Cc1nc2ccccc2n1CCNC(=O)N1CCN(S(=O)(=O)c2cccc(Cl)c2Cl)CC1. The summed E-state index contributed by atoms with van der Waals surface area (Å²) in [4.78, 5) is 18.7. The van der Waals surface area contributed by atoms with E-state index in [4.69, 9.17) is 23.2 Å². The van der Waals surface area contributed by atoms with Gasteiger partial charge in [0.2, 0.25) is 10.0 Å². The Hall–Kier alpha value is -2.33. The van der Waals surface area contributed by atoms with Crippen LogP contribution in [0, 0.1) is 6.92 Å². The molecule has 170 valence electrons. The summed E-state index contributed by atoms with van der Waals surface area (Å²) in [7, 11) is -3.79. The minimum Gasteiger partial charge on any atom is -0.336 e. The molecule has 2 heterocycles. The van der Waals surface area contributed by atoms with Crippen molar-refractivity contribution in [3.63, 3.8) is 0 Å². The minimum atomic E-state index is -3.79. The number of carbonyl (C=O) groups excluding carboxylic acids is 1. The minimum absolute atomic E-state index is 0.0108. The van der Waals surface area contributed by atoms with Gasteiger partial charge in [-0.25, -0.2) is 18.2 Å². The lowest BCUT2D eigenvalue weighted by Gasteiger charge is -2.34. The number of imidazole rings is 1. The fourth-order valence-electron chi connectivity index (χ4n) is 3.82. The van der Waals surface area contributed by atoms with Crippen LogP contribution in [0.2, 0.25) is 10.0 Å². The van der Waals surface area contributed by atoms with Gasteiger partial charge in [0.15, 0.2) is 0 Å². The van der Waals surface area contributed by atoms with Crippen molar-refractivity contribution in [2.75, 3.05) is 32.7 Å². The Labute approximate surface area is 196 Å². The molecule has 0 radical (unpaired) electrons. The quantitative estimate of drug-likeness (QED) is 0.587. The normalized spacial score (nSPS) is 15.3. The molecule has 2 aromatic carbocycles. The van der Waals surface area contributed by atoms with Gasteiger partial charge in [0, 0.05) is 39.3 Å². The van der Waals surface area contributed by atoms with Crippen molar-refractivity contribution in [3.8, 4) is 0 Å². The fraction of sp³-hybridized carbons (Fsp3) is 0.333. The number of aryl methyl sites for hydroxylation is 1. The first-order chi connectivity index (χ1) is 15.3. The highest BCUT2D eigenvalue weighted by atomic mass is 35.5. The van der Waals surface area contributed by atoms with Gasteiger partial charge < -0.3 is 14.8 Å². The number of carbonyl (C=O) groups is 1. The average Bonchev–Trinajstić information content (AvgIpc) is 3.10. The van der Waals surface area contributed by atoms with Crippen LogP contribution in [-0.2, 0) is 16.6 Å². The number of nitrogens with zero attached hydrogens (tertiary/aromatic N) is 4. The van der Waals surface area contributed by atoms with Gasteiger partial charge in [-0.15, -0.1) is 0 Å². The van der Waals surface area contributed by atoms with Crippen LogP contribution in [0.1, 0.15) is 5.82 Å². The molecule has 1 saturated heterocycles. The van der Waals surface area contributed by atoms with Crippen LogP contribution in [0.15, 0.2) is 47.4 Å². The van der Waals surface area contributed by atoms with E-state index in [1.807, 2.05) is 31.2 Å². The Kier molecular flexibility index (Phi) is 6.62. The smallest absolute Gasteiger partial charge is 0.317 e. The van der Waals surface area contributed by atoms with Crippen LogP contribution in [0.3, 0.4) is 0 Å². The largest absolute Gasteiger partial charge is 0.336 e. The lowest BCUT2D eigenvalue weighted by molar-refractivity contribution is 0.172. The Balaban J connectivity index is 1.33. The van der Waals surface area contributed by atoms with Gasteiger partial charge in [-0.3, -0.25) is 0 Å². The number of urea groups is 1. The third-order valence-corrected chi connectivity index (χ3v) is 8.39. The molecule has 1 aliphatic rings. The molecule has 11 heteroatoms. The second-order valence-electron chi connectivity index (χ2n) is 7.47. The fourth-order valence-corrected chi connectivity index (χ4v) is 5.98. The van der Waals surface area contributed by atoms with Gasteiger partial charge in [-0.2, -0.15) is 4.31 Å². The van der Waals surface area contributed by atoms with Crippen LogP contribution in [0.4, 0.5) is 4.79 Å². The molecule has 1 N–H and O–H groups in total. The summed E-state index contributed by atoms with van der Waals surface area (Å²) in [5, 5.41) is 3.11. The maximum Gasteiger partial charge on any atom is 0.317 e. The van der Waals surface area contributed by atoms with E-state index in [-0.39, 0.29) is 47.2 Å². The van der Waals surface area contributed by atoms with Gasteiger partial charge in [-0.1, -0.05) is 41.4 Å². The topological polar surface area (TPSA) is 87.5 Å². The molecule has 1 fully saturated rings. The second-order valence-corrected chi connectivity index (χ2v) is 10.2. The number of benzene rings is 2. The zero-order chi connectivity index (χ0) is 22.9. The van der Waals surface area contributed by atoms with E-state index in [1.165, 1.54) is 10.4 Å². The number of aromatic nitrogens is 2. The van der Waals surface area contributed by atoms with Crippen LogP contribution in [0.25, 0.3) is 11.0 Å². The van der Waals surface area contributed by atoms with Crippen molar-refractivity contribution < 1.29 is 13.2 Å². The van der Waals surface area contributed by atoms with Gasteiger partial charge in [0.05, 0.1) is 21.1 Å². The van der Waals surface area contributed by atoms with Crippen LogP contribution in [-0.4, -0.2) is 65.9 Å².